The van der Waals surface area contributed by atoms with Crippen molar-refractivity contribution in [3.8, 4) is 0 Å². The average molecular weight is 1110 g/mol. The first-order valence-corrected chi connectivity index (χ1v) is 28.4. The number of nitrogens with one attached hydrogen (secondary N) is 4. The van der Waals surface area contributed by atoms with Gasteiger partial charge in [0, 0.05) is 61.6 Å². The quantitative estimate of drug-likeness (QED) is 0.0309. The van der Waals surface area contributed by atoms with Gasteiger partial charge < -0.3 is 52.5 Å². The summed E-state index contributed by atoms with van der Waals surface area (Å²) < 4.78 is 6.13. The van der Waals surface area contributed by atoms with Crippen molar-refractivity contribution >= 4 is 41.3 Å². The molecular formula is C59H86N12O9. The number of amides is 5. The number of likely N-dealkylation sites (tertiary alicyclic amines) is 1. The summed E-state index contributed by atoms with van der Waals surface area (Å²) in [7, 11) is 0. The summed E-state index contributed by atoms with van der Waals surface area (Å²) >= 11 is 0. The fraction of sp³-hybridized carbons (Fsp3) is 0.593. The lowest BCUT2D eigenvalue weighted by Gasteiger charge is -2.47. The SMILES string of the molecule is CC[C@H](C)[C@H](N)C(=O)N(Cc1ccncc1)C(=O)[C@@](C(=O)[C@H](Cc1cnc[nH]1)NC(=O)[C@H](CCc1ccccc1)NC(=O)[C@@H]1CCCN1C(=O)[C@@H](N)Cc1cnc[nH]1)(C(C)C)C(C(=O)OC(C)(C)C)[C@H](O)[C@@H](N)CC1CCCCC1. The predicted octanol–water partition coefficient (Wildman–Crippen LogP) is 3.99. The molecule has 436 valence electrons. The van der Waals surface area contributed by atoms with E-state index in [-0.39, 0.29) is 51.0 Å². The summed E-state index contributed by atoms with van der Waals surface area (Å²) in [5.74, 6) is -9.79. The number of carbonyl (C=O) groups excluding carboxylic acids is 7. The number of carbonyl (C=O) groups is 7. The number of aromatic amines is 2. The Labute approximate surface area is 470 Å². The third kappa shape index (κ3) is 15.8. The van der Waals surface area contributed by atoms with Crippen LogP contribution in [-0.4, -0.2) is 136 Å². The molecule has 0 bridgehead atoms. The first kappa shape index (κ1) is 62.5. The normalized spacial score (nSPS) is 18.9. The summed E-state index contributed by atoms with van der Waals surface area (Å²) in [6, 6.07) is 4.96. The number of hydrogen-bond acceptors (Lipinski definition) is 15. The van der Waals surface area contributed by atoms with E-state index >= 15 is 24.0 Å². The minimum absolute atomic E-state index is 0.0117. The van der Waals surface area contributed by atoms with E-state index in [9.17, 15) is 14.7 Å². The van der Waals surface area contributed by atoms with E-state index < -0.39 is 119 Å². The summed E-state index contributed by atoms with van der Waals surface area (Å²) in [6.07, 6.45) is 13.0. The number of aliphatic hydroxyl groups excluding tert-OH is 1. The van der Waals surface area contributed by atoms with Crippen molar-refractivity contribution in [3.63, 3.8) is 0 Å². The third-order valence-corrected chi connectivity index (χ3v) is 16.0. The number of nitrogens with zero attached hydrogens (tertiary/aromatic N) is 5. The molecule has 5 amide bonds. The van der Waals surface area contributed by atoms with Gasteiger partial charge in [-0.25, -0.2) is 9.97 Å². The lowest BCUT2D eigenvalue weighted by Crippen LogP contribution is -2.68. The van der Waals surface area contributed by atoms with E-state index in [4.69, 9.17) is 21.9 Å². The number of Topliss-reactive ketones (excluding diaryl/α,β-unsaturated/α-hetero) is 1. The highest BCUT2D eigenvalue weighted by Crippen LogP contribution is 2.46. The highest BCUT2D eigenvalue weighted by atomic mass is 16.6. The monoisotopic (exact) mass is 1110 g/mol. The van der Waals surface area contributed by atoms with Crippen LogP contribution in [0.15, 0.2) is 79.9 Å². The zero-order valence-electron chi connectivity index (χ0n) is 47.6. The first-order valence-electron chi connectivity index (χ1n) is 28.4. The molecule has 1 aromatic carbocycles. The summed E-state index contributed by atoms with van der Waals surface area (Å²) in [5, 5.41) is 18.8. The second-order valence-electron chi connectivity index (χ2n) is 23.3. The van der Waals surface area contributed by atoms with Crippen molar-refractivity contribution in [1.82, 2.24) is 45.4 Å². The summed E-state index contributed by atoms with van der Waals surface area (Å²) in [4.78, 5) is 129. The lowest BCUT2D eigenvalue weighted by atomic mass is 9.59. The number of benzene rings is 1. The zero-order valence-corrected chi connectivity index (χ0v) is 47.6. The average Bonchev–Trinajstić information content (AvgIpc) is 4.36. The van der Waals surface area contributed by atoms with Crippen LogP contribution in [0.25, 0.3) is 0 Å². The number of aromatic nitrogens is 5. The second-order valence-corrected chi connectivity index (χ2v) is 23.3. The number of imide groups is 1. The van der Waals surface area contributed by atoms with Crippen LogP contribution in [0.1, 0.15) is 135 Å². The van der Waals surface area contributed by atoms with Crippen LogP contribution in [-0.2, 0) is 64.1 Å². The molecule has 0 radical (unpaired) electrons. The van der Waals surface area contributed by atoms with E-state index in [0.717, 1.165) is 42.6 Å². The topological polar surface area (TPSA) is 328 Å². The number of aryl methyl sites for hydroxylation is 1. The number of aliphatic hydroxyl groups is 1. The van der Waals surface area contributed by atoms with Crippen molar-refractivity contribution in [2.75, 3.05) is 6.54 Å². The highest BCUT2D eigenvalue weighted by molar-refractivity contribution is 6.16. The first-order chi connectivity index (χ1) is 38.1. The molecule has 3 aromatic heterocycles. The molecule has 0 spiro atoms. The standard InChI is InChI=1S/C59H86N12O9/c1-8-37(4)49(62)55(77)71(33-40-23-25-63-26-24-40)57(79)59(36(2)3,48(56(78)80-58(5,6)7)50(72)43(60)28-39-18-13-10-14-19-39)51(73)46(30-42-32-65-35-67-42)69-52(74)45(22-21-38-16-11-9-12-17-38)68-53(75)47-20-15-27-70(47)54(76)44(61)29-41-31-64-34-66-41/h9,11-12,16-17,23-26,31-32,34-37,39,43-50,72H,8,10,13-15,18-22,27-30,33,60-62H2,1-7H3,(H,64,66)(H,65,67)(H,68,75)(H,69,74)/t37-,43-,44-,45-,46-,47-,48?,49-,50+,59-/m0/s1. The molecule has 2 fully saturated rings. The smallest absolute Gasteiger partial charge is 0.313 e. The van der Waals surface area contributed by atoms with Crippen LogP contribution in [0, 0.1) is 29.1 Å². The molecule has 10 atom stereocenters. The van der Waals surface area contributed by atoms with Crippen molar-refractivity contribution in [3.05, 3.63) is 102 Å². The Bertz CT molecular complexity index is 2640. The van der Waals surface area contributed by atoms with Gasteiger partial charge in [-0.15, -0.1) is 0 Å². The maximum Gasteiger partial charge on any atom is 0.313 e. The molecule has 2 aliphatic rings. The van der Waals surface area contributed by atoms with Crippen LogP contribution in [0.5, 0.6) is 0 Å². The van der Waals surface area contributed by atoms with Gasteiger partial charge in [-0.05, 0) is 93.9 Å². The molecule has 21 nitrogen and oxygen atoms in total. The van der Waals surface area contributed by atoms with Gasteiger partial charge in [0.05, 0.1) is 43.4 Å². The number of nitrogens with two attached hydrogens (primary N) is 3. The van der Waals surface area contributed by atoms with Crippen molar-refractivity contribution in [1.29, 1.82) is 0 Å². The molecule has 4 aromatic rings. The molecule has 1 aliphatic heterocycles. The molecule has 4 heterocycles. The van der Waals surface area contributed by atoms with Crippen LogP contribution < -0.4 is 27.8 Å². The van der Waals surface area contributed by atoms with Gasteiger partial charge >= 0.3 is 5.97 Å². The Balaban J connectivity index is 1.51. The van der Waals surface area contributed by atoms with Gasteiger partial charge in [0.2, 0.25) is 29.5 Å². The minimum Gasteiger partial charge on any atom is -0.460 e. The largest absolute Gasteiger partial charge is 0.460 e. The Morgan fingerprint density at radius 2 is 1.45 bits per heavy atom. The predicted molar refractivity (Wildman–Crippen MR) is 300 cm³/mol. The van der Waals surface area contributed by atoms with E-state index in [2.05, 4.69) is 35.6 Å². The van der Waals surface area contributed by atoms with E-state index in [1.807, 2.05) is 37.3 Å². The molecule has 21 heteroatoms. The van der Waals surface area contributed by atoms with Gasteiger partial charge in [-0.3, -0.25) is 43.4 Å². The van der Waals surface area contributed by atoms with Crippen LogP contribution in [0.3, 0.4) is 0 Å². The number of pyridine rings is 1. The van der Waals surface area contributed by atoms with Gasteiger partial charge in [-0.2, -0.15) is 0 Å². The highest BCUT2D eigenvalue weighted by Gasteiger charge is 2.64. The molecule has 1 saturated carbocycles. The molecule has 1 saturated heterocycles. The number of H-pyrrole nitrogens is 2. The number of esters is 1. The number of imidazole rings is 2. The van der Waals surface area contributed by atoms with Gasteiger partial charge in [0.1, 0.15) is 29.0 Å². The number of rotatable bonds is 27. The van der Waals surface area contributed by atoms with Gasteiger partial charge in [0.25, 0.3) is 0 Å². The van der Waals surface area contributed by atoms with Crippen molar-refractivity contribution in [2.45, 2.75) is 186 Å². The van der Waals surface area contributed by atoms with E-state index in [0.29, 0.717) is 29.8 Å². The van der Waals surface area contributed by atoms with E-state index in [1.165, 1.54) is 36.1 Å². The Kier molecular flexibility index (Phi) is 22.4. The lowest BCUT2D eigenvalue weighted by molar-refractivity contribution is -0.187. The molecule has 80 heavy (non-hydrogen) atoms. The maximum atomic E-state index is 16.8. The Morgan fingerprint density at radius 3 is 2.04 bits per heavy atom. The second kappa shape index (κ2) is 28.6. The van der Waals surface area contributed by atoms with Crippen LogP contribution in [0.2, 0.25) is 0 Å². The molecular weight excluding hydrogens is 1020 g/mol. The fourth-order valence-electron chi connectivity index (χ4n) is 11.4. The number of hydrogen-bond donors (Lipinski definition) is 8. The number of ether oxygens (including phenoxy) is 1. The molecule has 11 N–H and O–H groups in total. The van der Waals surface area contributed by atoms with E-state index in [1.54, 1.807) is 59.9 Å². The molecule has 6 rings (SSSR count). The third-order valence-electron chi connectivity index (χ3n) is 16.0. The van der Waals surface area contributed by atoms with Crippen LogP contribution in [0.4, 0.5) is 0 Å². The zero-order chi connectivity index (χ0) is 58.3. The van der Waals surface area contributed by atoms with Crippen molar-refractivity contribution in [2.24, 2.45) is 46.3 Å². The molecule has 1 unspecified atom stereocenters. The van der Waals surface area contributed by atoms with Gasteiger partial charge in [0.15, 0.2) is 5.78 Å². The van der Waals surface area contributed by atoms with Crippen molar-refractivity contribution < 1.29 is 43.4 Å². The minimum atomic E-state index is -2.75. The fourth-order valence-corrected chi connectivity index (χ4v) is 11.4. The Hall–Kier alpha value is -6.68. The summed E-state index contributed by atoms with van der Waals surface area (Å²) in [5.41, 5.74) is 18.4. The Morgan fingerprint density at radius 1 is 0.812 bits per heavy atom. The number of ketones is 1. The summed E-state index contributed by atoms with van der Waals surface area (Å²) in [6.45, 7) is 11.4. The van der Waals surface area contributed by atoms with Gasteiger partial charge in [-0.1, -0.05) is 96.6 Å². The van der Waals surface area contributed by atoms with Crippen LogP contribution >= 0.6 is 0 Å². The maximum absolute atomic E-state index is 16.8. The molecule has 1 aliphatic carbocycles.